The molecule has 80 valence electrons. The Balaban J connectivity index is 2.71. The largest absolute Gasteiger partial charge is 0.478 e. The molecule has 0 fully saturated rings. The van der Waals surface area contributed by atoms with Crippen LogP contribution >= 0.6 is 0 Å². The third-order valence-corrected chi connectivity index (χ3v) is 1.99. The Morgan fingerprint density at radius 2 is 2.20 bits per heavy atom. The van der Waals surface area contributed by atoms with E-state index in [0.29, 0.717) is 17.8 Å². The zero-order valence-electron chi connectivity index (χ0n) is 8.61. The Kier molecular flexibility index (Phi) is 3.12. The van der Waals surface area contributed by atoms with E-state index in [1.54, 1.807) is 24.2 Å². The van der Waals surface area contributed by atoms with Crippen molar-refractivity contribution in [3.63, 3.8) is 0 Å². The highest BCUT2D eigenvalue weighted by Crippen LogP contribution is 2.20. The van der Waals surface area contributed by atoms with Crippen molar-refractivity contribution >= 4 is 11.9 Å². The molecule has 15 heavy (non-hydrogen) atoms. The van der Waals surface area contributed by atoms with Crippen LogP contribution in [-0.2, 0) is 14.3 Å². The second-order valence-electron chi connectivity index (χ2n) is 3.69. The first kappa shape index (κ1) is 11.3. The third kappa shape index (κ3) is 2.82. The van der Waals surface area contributed by atoms with E-state index in [4.69, 9.17) is 9.84 Å². The van der Waals surface area contributed by atoms with Gasteiger partial charge in [-0.25, -0.2) is 9.59 Å². The summed E-state index contributed by atoms with van der Waals surface area (Å²) in [6.07, 6.45) is 5.21. The average Bonchev–Trinajstić information content (AvgIpc) is 2.18. The molecule has 0 aromatic carbocycles. The molecule has 0 aromatic rings. The van der Waals surface area contributed by atoms with Gasteiger partial charge in [0.05, 0.1) is 0 Å². The van der Waals surface area contributed by atoms with Gasteiger partial charge in [0, 0.05) is 12.0 Å². The van der Waals surface area contributed by atoms with Crippen molar-refractivity contribution in [2.75, 3.05) is 0 Å². The molecule has 1 N–H and O–H groups in total. The van der Waals surface area contributed by atoms with Gasteiger partial charge in [-0.2, -0.15) is 0 Å². The average molecular weight is 208 g/mol. The fourth-order valence-electron chi connectivity index (χ4n) is 1.02. The normalized spacial score (nSPS) is 15.6. The zero-order chi connectivity index (χ0) is 11.5. The minimum Gasteiger partial charge on any atom is -0.478 e. The number of carboxylic acids is 1. The predicted octanol–water partition coefficient (Wildman–Crippen LogP) is 1.47. The molecule has 1 aliphatic rings. The summed E-state index contributed by atoms with van der Waals surface area (Å²) in [5.41, 5.74) is -0.742. The Labute approximate surface area is 87.5 Å². The molecule has 0 aromatic heterocycles. The number of ether oxygens (including phenoxy) is 1. The van der Waals surface area contributed by atoms with E-state index < -0.39 is 11.6 Å². The van der Waals surface area contributed by atoms with Gasteiger partial charge < -0.3 is 9.84 Å². The van der Waals surface area contributed by atoms with Crippen LogP contribution in [0.5, 0.6) is 0 Å². The number of hydrogen-bond acceptors (Lipinski definition) is 3. The molecule has 0 heterocycles. The highest BCUT2D eigenvalue weighted by molar-refractivity contribution is 5.76. The lowest BCUT2D eigenvalue weighted by atomic mass is 10.1. The first-order valence-corrected chi connectivity index (χ1v) is 4.50. The van der Waals surface area contributed by atoms with Gasteiger partial charge in [-0.3, -0.25) is 0 Å². The molecule has 0 atom stereocenters. The highest BCUT2D eigenvalue weighted by atomic mass is 16.5. The SMILES string of the molecule is CC(C)(OC1=CCC(=C=O)C=C1)C(=O)O. The van der Waals surface area contributed by atoms with Gasteiger partial charge in [-0.05, 0) is 32.1 Å². The summed E-state index contributed by atoms with van der Waals surface area (Å²) < 4.78 is 5.26. The van der Waals surface area contributed by atoms with Crippen LogP contribution in [0.3, 0.4) is 0 Å². The summed E-state index contributed by atoms with van der Waals surface area (Å²) in [7, 11) is 0. The predicted molar refractivity (Wildman–Crippen MR) is 53.8 cm³/mol. The summed E-state index contributed by atoms with van der Waals surface area (Å²) in [5, 5.41) is 8.83. The second kappa shape index (κ2) is 4.15. The third-order valence-electron chi connectivity index (χ3n) is 1.99. The standard InChI is InChI=1S/C11H12O4/c1-11(2,10(13)14)15-9-5-3-8(7-12)4-6-9/h3,5-6H,4H2,1-2H3,(H,13,14). The summed E-state index contributed by atoms with van der Waals surface area (Å²) in [4.78, 5) is 21.1. The van der Waals surface area contributed by atoms with Crippen LogP contribution in [-0.4, -0.2) is 22.6 Å². The van der Waals surface area contributed by atoms with Crippen LogP contribution in [0.25, 0.3) is 0 Å². The van der Waals surface area contributed by atoms with E-state index in [1.807, 2.05) is 0 Å². The minimum atomic E-state index is -1.27. The number of aliphatic carboxylic acids is 1. The fraction of sp³-hybridized carbons (Fsp3) is 0.364. The van der Waals surface area contributed by atoms with Gasteiger partial charge in [0.2, 0.25) is 0 Å². The van der Waals surface area contributed by atoms with Gasteiger partial charge in [0.25, 0.3) is 0 Å². The van der Waals surface area contributed by atoms with E-state index in [1.165, 1.54) is 13.8 Å². The molecule has 0 bridgehead atoms. The number of carboxylic acid groups (broad SMARTS) is 1. The smallest absolute Gasteiger partial charge is 0.347 e. The molecule has 0 unspecified atom stereocenters. The zero-order valence-corrected chi connectivity index (χ0v) is 8.61. The van der Waals surface area contributed by atoms with Crippen molar-refractivity contribution in [1.82, 2.24) is 0 Å². The molecule has 0 amide bonds. The second-order valence-corrected chi connectivity index (χ2v) is 3.69. The molecule has 0 radical (unpaired) electrons. The van der Waals surface area contributed by atoms with Crippen molar-refractivity contribution in [2.24, 2.45) is 0 Å². The monoisotopic (exact) mass is 208 g/mol. The Morgan fingerprint density at radius 1 is 1.53 bits per heavy atom. The van der Waals surface area contributed by atoms with Crippen molar-refractivity contribution in [3.05, 3.63) is 29.6 Å². The maximum atomic E-state index is 10.8. The Hall–Kier alpha value is -1.80. The maximum Gasteiger partial charge on any atom is 0.347 e. The van der Waals surface area contributed by atoms with E-state index in [9.17, 15) is 9.59 Å². The van der Waals surface area contributed by atoms with Crippen LogP contribution in [0.15, 0.2) is 29.6 Å². The highest BCUT2D eigenvalue weighted by Gasteiger charge is 2.29. The molecule has 1 aliphatic carbocycles. The van der Waals surface area contributed by atoms with Crippen LogP contribution in [0.1, 0.15) is 20.3 Å². The van der Waals surface area contributed by atoms with Crippen LogP contribution < -0.4 is 0 Å². The van der Waals surface area contributed by atoms with Crippen LogP contribution in [0, 0.1) is 0 Å². The van der Waals surface area contributed by atoms with Crippen LogP contribution in [0.2, 0.25) is 0 Å². The molecular formula is C11H12O4. The van der Waals surface area contributed by atoms with Gasteiger partial charge >= 0.3 is 5.97 Å². The molecule has 4 nitrogen and oxygen atoms in total. The van der Waals surface area contributed by atoms with Crippen LogP contribution in [0.4, 0.5) is 0 Å². The van der Waals surface area contributed by atoms with E-state index in [-0.39, 0.29) is 0 Å². The first-order valence-electron chi connectivity index (χ1n) is 4.50. The minimum absolute atomic E-state index is 0.422. The van der Waals surface area contributed by atoms with Gasteiger partial charge in [-0.15, -0.1) is 0 Å². The Bertz CT molecular complexity index is 381. The molecule has 0 saturated carbocycles. The molecular weight excluding hydrogens is 196 g/mol. The summed E-state index contributed by atoms with van der Waals surface area (Å²) in [5.74, 6) is 1.20. The summed E-state index contributed by atoms with van der Waals surface area (Å²) >= 11 is 0. The lowest BCUT2D eigenvalue weighted by Crippen LogP contribution is -2.34. The topological polar surface area (TPSA) is 63.6 Å². The van der Waals surface area contributed by atoms with E-state index in [2.05, 4.69) is 0 Å². The van der Waals surface area contributed by atoms with Gasteiger partial charge in [0.15, 0.2) is 5.60 Å². The van der Waals surface area contributed by atoms with Crippen molar-refractivity contribution < 1.29 is 19.4 Å². The number of allylic oxidation sites excluding steroid dienone is 4. The molecule has 0 saturated heterocycles. The molecule has 4 heteroatoms. The molecule has 0 aliphatic heterocycles. The maximum absolute atomic E-state index is 10.8. The molecule has 0 spiro atoms. The first-order chi connectivity index (χ1) is 6.95. The van der Waals surface area contributed by atoms with Crippen molar-refractivity contribution in [2.45, 2.75) is 25.9 Å². The van der Waals surface area contributed by atoms with Crippen molar-refractivity contribution in [3.8, 4) is 0 Å². The lowest BCUT2D eigenvalue weighted by Gasteiger charge is -2.23. The number of carbonyl (C=O) groups excluding carboxylic acids is 1. The van der Waals surface area contributed by atoms with Gasteiger partial charge in [0.1, 0.15) is 11.7 Å². The quantitative estimate of drug-likeness (QED) is 0.713. The molecule has 1 rings (SSSR count). The number of carbonyl (C=O) groups is 1. The fourth-order valence-corrected chi connectivity index (χ4v) is 1.02. The van der Waals surface area contributed by atoms with E-state index in [0.717, 1.165) is 0 Å². The Morgan fingerprint density at radius 3 is 2.60 bits per heavy atom. The number of rotatable bonds is 3. The van der Waals surface area contributed by atoms with E-state index >= 15 is 0 Å². The van der Waals surface area contributed by atoms with Crippen molar-refractivity contribution in [1.29, 1.82) is 0 Å². The number of hydrogen-bond donors (Lipinski definition) is 1. The summed E-state index contributed by atoms with van der Waals surface area (Å²) in [6.45, 7) is 2.93. The lowest BCUT2D eigenvalue weighted by molar-refractivity contribution is -0.156. The summed E-state index contributed by atoms with van der Waals surface area (Å²) in [6, 6.07) is 0. The van der Waals surface area contributed by atoms with Gasteiger partial charge in [-0.1, -0.05) is 0 Å².